The van der Waals surface area contributed by atoms with Crippen molar-refractivity contribution in [2.75, 3.05) is 37.4 Å². The summed E-state index contributed by atoms with van der Waals surface area (Å²) in [5.41, 5.74) is -1.44. The van der Waals surface area contributed by atoms with Gasteiger partial charge in [0.15, 0.2) is 0 Å². The summed E-state index contributed by atoms with van der Waals surface area (Å²) < 4.78 is 67.2. The van der Waals surface area contributed by atoms with Gasteiger partial charge in [0.2, 0.25) is 10.0 Å². The zero-order valence-corrected chi connectivity index (χ0v) is 19.0. The van der Waals surface area contributed by atoms with E-state index in [1.165, 1.54) is 27.4 Å². The lowest BCUT2D eigenvalue weighted by Crippen LogP contribution is -2.30. The van der Waals surface area contributed by atoms with E-state index in [9.17, 15) is 26.4 Å². The van der Waals surface area contributed by atoms with Gasteiger partial charge in [-0.05, 0) is 36.4 Å². The van der Waals surface area contributed by atoms with Crippen LogP contribution in [0, 0.1) is 0 Å². The lowest BCUT2D eigenvalue weighted by molar-refractivity contribution is -0.136. The Hall–Kier alpha value is -2.30. The maximum Gasteiger partial charge on any atom is 0.418 e. The first-order valence-corrected chi connectivity index (χ1v) is 11.1. The van der Waals surface area contributed by atoms with Crippen LogP contribution in [0.5, 0.6) is 0 Å². The van der Waals surface area contributed by atoms with Crippen molar-refractivity contribution in [3.05, 3.63) is 52.5 Å². The average Bonchev–Trinajstić information content (AvgIpc) is 2.68. The Morgan fingerprint density at radius 3 is 2.19 bits per heavy atom. The fourth-order valence-corrected chi connectivity index (χ4v) is 4.58. The fraction of sp³-hybridized carbons (Fsp3) is 0.350. The Bertz CT molecular complexity index is 1070. The van der Waals surface area contributed by atoms with Crippen molar-refractivity contribution < 1.29 is 26.4 Å². The van der Waals surface area contributed by atoms with Crippen molar-refractivity contribution in [3.63, 3.8) is 0 Å². The number of nitrogens with zero attached hydrogens (tertiary/aromatic N) is 2. The molecular formula is C20H23ClF3N3O3S. The van der Waals surface area contributed by atoms with E-state index in [1.54, 1.807) is 27.9 Å². The summed E-state index contributed by atoms with van der Waals surface area (Å²) in [7, 11) is -0.699. The van der Waals surface area contributed by atoms with E-state index in [0.717, 1.165) is 18.2 Å². The summed E-state index contributed by atoms with van der Waals surface area (Å²) in [6, 6.07) is 7.02. The van der Waals surface area contributed by atoms with E-state index in [1.807, 2.05) is 0 Å². The van der Waals surface area contributed by atoms with E-state index in [-0.39, 0.29) is 28.6 Å². The summed E-state index contributed by atoms with van der Waals surface area (Å²) in [5.74, 6) is -0.954. The van der Waals surface area contributed by atoms with Gasteiger partial charge < -0.3 is 10.2 Å². The molecule has 170 valence electrons. The highest BCUT2D eigenvalue weighted by atomic mass is 35.5. The first kappa shape index (κ1) is 25.0. The third-order valence-electron chi connectivity index (χ3n) is 4.60. The van der Waals surface area contributed by atoms with Gasteiger partial charge in [-0.3, -0.25) is 4.79 Å². The molecule has 2 rings (SSSR count). The van der Waals surface area contributed by atoms with Gasteiger partial charge in [0.1, 0.15) is 0 Å². The maximum absolute atomic E-state index is 13.5. The molecule has 0 fully saturated rings. The minimum atomic E-state index is -4.72. The lowest BCUT2D eigenvalue weighted by atomic mass is 10.1. The van der Waals surface area contributed by atoms with Crippen molar-refractivity contribution in [2.24, 2.45) is 0 Å². The maximum atomic E-state index is 13.5. The van der Waals surface area contributed by atoms with E-state index >= 15 is 0 Å². The first-order chi connectivity index (χ1) is 14.3. The number of halogens is 4. The van der Waals surface area contributed by atoms with Crippen LogP contribution in [0.3, 0.4) is 0 Å². The molecule has 0 unspecified atom stereocenters. The second-order valence-electron chi connectivity index (χ2n) is 6.81. The Balaban J connectivity index is 2.48. The molecule has 2 aromatic rings. The number of alkyl halides is 3. The van der Waals surface area contributed by atoms with Gasteiger partial charge in [-0.2, -0.15) is 17.5 Å². The van der Waals surface area contributed by atoms with Crippen LogP contribution in [0.25, 0.3) is 0 Å². The summed E-state index contributed by atoms with van der Waals surface area (Å²) in [6.07, 6.45) is -4.72. The molecule has 0 aromatic heterocycles. The molecule has 0 spiro atoms. The van der Waals surface area contributed by atoms with Crippen molar-refractivity contribution in [2.45, 2.75) is 24.9 Å². The molecule has 2 aromatic carbocycles. The predicted octanol–water partition coefficient (Wildman–Crippen LogP) is 4.71. The van der Waals surface area contributed by atoms with E-state index in [0.29, 0.717) is 5.69 Å². The van der Waals surface area contributed by atoms with Crippen molar-refractivity contribution >= 4 is 38.9 Å². The molecule has 0 saturated carbocycles. The zero-order chi connectivity index (χ0) is 23.6. The topological polar surface area (TPSA) is 69.7 Å². The van der Waals surface area contributed by atoms with Crippen LogP contribution in [0.1, 0.15) is 29.8 Å². The Morgan fingerprint density at radius 1 is 1.06 bits per heavy atom. The molecule has 6 nitrogen and oxygen atoms in total. The highest BCUT2D eigenvalue weighted by molar-refractivity contribution is 7.89. The molecule has 1 N–H and O–H groups in total. The number of rotatable bonds is 7. The summed E-state index contributed by atoms with van der Waals surface area (Å²) in [4.78, 5) is 14.1. The van der Waals surface area contributed by atoms with E-state index in [2.05, 4.69) is 5.32 Å². The highest BCUT2D eigenvalue weighted by Crippen LogP contribution is 2.37. The van der Waals surface area contributed by atoms with Gasteiger partial charge in [0.05, 0.1) is 26.7 Å². The van der Waals surface area contributed by atoms with Gasteiger partial charge in [-0.1, -0.05) is 25.4 Å². The molecule has 0 aliphatic heterocycles. The molecule has 0 aliphatic rings. The number of nitrogens with one attached hydrogen (secondary N) is 1. The van der Waals surface area contributed by atoms with Crippen LogP contribution < -0.4 is 10.2 Å². The standard InChI is InChI=1S/C20H23ClF3N3O3S/c1-5-27(6-2)31(29,30)14-8-9-17(21)15(12-14)19(28)25-18-10-7-13(26(3)4)11-16(18)20(22,23)24/h7-12H,5-6H2,1-4H3,(H,25,28). The number of carbonyl (C=O) groups excluding carboxylic acids is 1. The molecule has 0 heterocycles. The Labute approximate surface area is 184 Å². The van der Waals surface area contributed by atoms with Crippen molar-refractivity contribution in [1.29, 1.82) is 0 Å². The SMILES string of the molecule is CCN(CC)S(=O)(=O)c1ccc(Cl)c(C(=O)Nc2ccc(N(C)C)cc2C(F)(F)F)c1. The second kappa shape index (κ2) is 9.46. The summed E-state index contributed by atoms with van der Waals surface area (Å²) >= 11 is 6.05. The Morgan fingerprint density at radius 2 is 1.68 bits per heavy atom. The molecule has 0 radical (unpaired) electrons. The number of amides is 1. The first-order valence-electron chi connectivity index (χ1n) is 9.32. The molecule has 0 saturated heterocycles. The molecular weight excluding hydrogens is 455 g/mol. The van der Waals surface area contributed by atoms with Gasteiger partial charge in [-0.25, -0.2) is 8.42 Å². The monoisotopic (exact) mass is 477 g/mol. The molecule has 0 bridgehead atoms. The Kier molecular flexibility index (Phi) is 7.61. The van der Waals surface area contributed by atoms with Crippen LogP contribution in [0.2, 0.25) is 5.02 Å². The molecule has 0 atom stereocenters. The number of hydrogen-bond donors (Lipinski definition) is 1. The third-order valence-corrected chi connectivity index (χ3v) is 6.97. The normalized spacial score (nSPS) is 12.2. The average molecular weight is 478 g/mol. The molecule has 11 heteroatoms. The van der Waals surface area contributed by atoms with Crippen molar-refractivity contribution in [3.8, 4) is 0 Å². The summed E-state index contributed by atoms with van der Waals surface area (Å²) in [5, 5.41) is 2.12. The van der Waals surface area contributed by atoms with Crippen LogP contribution in [-0.4, -0.2) is 45.8 Å². The minimum Gasteiger partial charge on any atom is -0.378 e. The number of benzene rings is 2. The van der Waals surface area contributed by atoms with Gasteiger partial charge >= 0.3 is 6.18 Å². The number of sulfonamides is 1. The fourth-order valence-electron chi connectivity index (χ4n) is 2.90. The smallest absolute Gasteiger partial charge is 0.378 e. The number of hydrogen-bond acceptors (Lipinski definition) is 4. The highest BCUT2D eigenvalue weighted by Gasteiger charge is 2.35. The third kappa shape index (κ3) is 5.50. The lowest BCUT2D eigenvalue weighted by Gasteiger charge is -2.20. The number of carbonyl (C=O) groups is 1. The second-order valence-corrected chi connectivity index (χ2v) is 9.15. The van der Waals surface area contributed by atoms with Gasteiger partial charge in [0, 0.05) is 32.9 Å². The number of anilines is 2. The summed E-state index contributed by atoms with van der Waals surface area (Å²) in [6.45, 7) is 3.77. The van der Waals surface area contributed by atoms with Crippen LogP contribution in [-0.2, 0) is 16.2 Å². The van der Waals surface area contributed by atoms with Gasteiger partial charge in [0.25, 0.3) is 5.91 Å². The molecule has 31 heavy (non-hydrogen) atoms. The van der Waals surface area contributed by atoms with E-state index in [4.69, 9.17) is 11.6 Å². The molecule has 0 aliphatic carbocycles. The quantitative estimate of drug-likeness (QED) is 0.627. The zero-order valence-electron chi connectivity index (χ0n) is 17.4. The van der Waals surface area contributed by atoms with Crippen molar-refractivity contribution in [1.82, 2.24) is 4.31 Å². The van der Waals surface area contributed by atoms with Gasteiger partial charge in [-0.15, -0.1) is 0 Å². The van der Waals surface area contributed by atoms with E-state index < -0.39 is 33.4 Å². The largest absolute Gasteiger partial charge is 0.418 e. The molecule has 1 amide bonds. The van der Waals surface area contributed by atoms with Crippen LogP contribution in [0.15, 0.2) is 41.3 Å². The predicted molar refractivity (Wildman–Crippen MR) is 115 cm³/mol. The van der Waals surface area contributed by atoms with Crippen LogP contribution >= 0.6 is 11.6 Å². The van der Waals surface area contributed by atoms with Crippen LogP contribution in [0.4, 0.5) is 24.5 Å². The minimum absolute atomic E-state index is 0.0885.